The van der Waals surface area contributed by atoms with E-state index in [-0.39, 0.29) is 17.3 Å². The molecule has 0 aromatic heterocycles. The van der Waals surface area contributed by atoms with Crippen LogP contribution in [0.5, 0.6) is 0 Å². The molecule has 3 heterocycles. The van der Waals surface area contributed by atoms with E-state index in [9.17, 15) is 24.5 Å². The third-order valence-electron chi connectivity index (χ3n) is 6.41. The number of hydrogen-bond donors (Lipinski definition) is 2. The molecule has 2 N–H and O–H groups in total. The number of carbonyl (C=O) groups excluding carboxylic acids is 3. The summed E-state index contributed by atoms with van der Waals surface area (Å²) in [6, 6.07) is 10.7. The molecule has 0 saturated carbocycles. The summed E-state index contributed by atoms with van der Waals surface area (Å²) in [5.74, 6) is -3.06. The Hall–Kier alpha value is -3.59. The van der Waals surface area contributed by atoms with Crippen LogP contribution in [-0.4, -0.2) is 28.7 Å². The number of rotatable bonds is 2. The largest absolute Gasteiger partial charge is 0.324 e. The minimum Gasteiger partial charge on any atom is -0.324 e. The van der Waals surface area contributed by atoms with E-state index in [1.165, 1.54) is 18.2 Å². The minimum atomic E-state index is -1.35. The van der Waals surface area contributed by atoms with Gasteiger partial charge in [-0.1, -0.05) is 24.3 Å². The third-order valence-corrected chi connectivity index (χ3v) is 6.41. The second-order valence-corrected chi connectivity index (χ2v) is 7.98. The first-order valence-corrected chi connectivity index (χ1v) is 9.59. The Balaban J connectivity index is 1.67. The topological polar surface area (TPSA) is 122 Å². The number of non-ortho nitro benzene ring substituents is 1. The number of carbonyl (C=O) groups is 3. The fraction of sp³-hybridized carbons (Fsp3) is 0.286. The van der Waals surface area contributed by atoms with E-state index >= 15 is 0 Å². The number of aryl methyl sites for hydroxylation is 1. The summed E-state index contributed by atoms with van der Waals surface area (Å²) in [6.45, 7) is 3.46. The van der Waals surface area contributed by atoms with Crippen molar-refractivity contribution in [2.75, 3.05) is 10.2 Å². The summed E-state index contributed by atoms with van der Waals surface area (Å²) in [5.41, 5.74) is 0.423. The number of nitrogens with one attached hydrogen (secondary N) is 2. The summed E-state index contributed by atoms with van der Waals surface area (Å²) in [7, 11) is 0. The molecule has 2 saturated heterocycles. The van der Waals surface area contributed by atoms with Gasteiger partial charge in [-0.3, -0.25) is 29.8 Å². The molecule has 2 fully saturated rings. The number of amides is 3. The molecular weight excluding hydrogens is 388 g/mol. The maximum absolute atomic E-state index is 13.6. The fourth-order valence-corrected chi connectivity index (χ4v) is 5.11. The first-order valence-electron chi connectivity index (χ1n) is 9.59. The van der Waals surface area contributed by atoms with Gasteiger partial charge in [-0.05, 0) is 25.5 Å². The second kappa shape index (κ2) is 5.96. The smallest absolute Gasteiger partial charge is 0.271 e. The van der Waals surface area contributed by atoms with Gasteiger partial charge in [0.15, 0.2) is 0 Å². The number of anilines is 2. The summed E-state index contributed by atoms with van der Waals surface area (Å²) in [4.78, 5) is 51.8. The van der Waals surface area contributed by atoms with Crippen LogP contribution in [0, 0.1) is 28.9 Å². The molecule has 0 bridgehead atoms. The Bertz CT molecular complexity index is 1160. The standard InChI is InChI=1S/C21H18N4O5/c1-10-7-8-12(25(29)30)9-15(10)24-18(26)16-11(2)23-21(17(16)19(24)27)13-5-3-4-6-14(13)22-20(21)28/h3-9,11,16-17,23H,1-2H3,(H,22,28)/t11-,16+,17+,21-/m0/s1. The number of nitro benzene ring substituents is 1. The molecule has 0 aliphatic carbocycles. The highest BCUT2D eigenvalue weighted by Crippen LogP contribution is 2.53. The van der Waals surface area contributed by atoms with Crippen LogP contribution < -0.4 is 15.5 Å². The van der Waals surface area contributed by atoms with Crippen LogP contribution in [0.4, 0.5) is 17.1 Å². The Labute approximate surface area is 171 Å². The zero-order valence-electron chi connectivity index (χ0n) is 16.2. The highest BCUT2D eigenvalue weighted by Gasteiger charge is 2.69. The van der Waals surface area contributed by atoms with Crippen molar-refractivity contribution in [3.63, 3.8) is 0 Å². The van der Waals surface area contributed by atoms with Gasteiger partial charge in [0, 0.05) is 29.4 Å². The van der Waals surface area contributed by atoms with E-state index in [4.69, 9.17) is 0 Å². The molecular formula is C21H18N4O5. The van der Waals surface area contributed by atoms with Gasteiger partial charge in [-0.25, -0.2) is 4.90 Å². The van der Waals surface area contributed by atoms with Gasteiger partial charge in [0.05, 0.1) is 22.4 Å². The van der Waals surface area contributed by atoms with Gasteiger partial charge in [0.1, 0.15) is 5.54 Å². The highest BCUT2D eigenvalue weighted by molar-refractivity contribution is 6.26. The van der Waals surface area contributed by atoms with Gasteiger partial charge in [0.2, 0.25) is 17.7 Å². The SMILES string of the molecule is Cc1ccc([N+](=O)[O-])cc1N1C(=O)[C@@H]2[C@H](C)N[C@]3(C(=O)Nc4ccccc43)[C@H]2C1=O. The lowest BCUT2D eigenvalue weighted by atomic mass is 9.76. The predicted octanol–water partition coefficient (Wildman–Crippen LogP) is 1.85. The van der Waals surface area contributed by atoms with Crippen LogP contribution in [0.25, 0.3) is 0 Å². The van der Waals surface area contributed by atoms with Gasteiger partial charge < -0.3 is 5.32 Å². The molecule has 3 aliphatic heterocycles. The average molecular weight is 406 g/mol. The van der Waals surface area contributed by atoms with Gasteiger partial charge in [0.25, 0.3) is 5.69 Å². The van der Waals surface area contributed by atoms with Crippen molar-refractivity contribution in [1.82, 2.24) is 5.32 Å². The number of fused-ring (bicyclic) bond motifs is 4. The van der Waals surface area contributed by atoms with E-state index in [1.807, 2.05) is 0 Å². The van der Waals surface area contributed by atoms with Crippen LogP contribution in [0.15, 0.2) is 42.5 Å². The first-order chi connectivity index (χ1) is 14.3. The summed E-state index contributed by atoms with van der Waals surface area (Å²) >= 11 is 0. The maximum Gasteiger partial charge on any atom is 0.271 e. The average Bonchev–Trinajstić information content (AvgIpc) is 3.27. The number of imide groups is 1. The molecule has 0 unspecified atom stereocenters. The molecule has 1 spiro atoms. The van der Waals surface area contributed by atoms with Crippen LogP contribution >= 0.6 is 0 Å². The predicted molar refractivity (Wildman–Crippen MR) is 107 cm³/mol. The monoisotopic (exact) mass is 406 g/mol. The minimum absolute atomic E-state index is 0.183. The van der Waals surface area contributed by atoms with Crippen LogP contribution in [0.2, 0.25) is 0 Å². The van der Waals surface area contributed by atoms with Crippen LogP contribution in [-0.2, 0) is 19.9 Å². The first kappa shape index (κ1) is 18.4. The summed E-state index contributed by atoms with van der Waals surface area (Å²) in [6.07, 6.45) is 0. The number of hydrogen-bond acceptors (Lipinski definition) is 6. The fourth-order valence-electron chi connectivity index (χ4n) is 5.11. The normalized spacial score (nSPS) is 29.3. The molecule has 4 atom stereocenters. The van der Waals surface area contributed by atoms with Crippen molar-refractivity contribution in [2.24, 2.45) is 11.8 Å². The van der Waals surface area contributed by atoms with Crippen molar-refractivity contribution < 1.29 is 19.3 Å². The van der Waals surface area contributed by atoms with Crippen molar-refractivity contribution in [1.29, 1.82) is 0 Å². The molecule has 5 rings (SSSR count). The van der Waals surface area contributed by atoms with Crippen molar-refractivity contribution in [3.05, 3.63) is 63.7 Å². The molecule has 2 aromatic carbocycles. The molecule has 152 valence electrons. The highest BCUT2D eigenvalue weighted by atomic mass is 16.6. The van der Waals surface area contributed by atoms with E-state index in [0.29, 0.717) is 16.8 Å². The van der Waals surface area contributed by atoms with Crippen molar-refractivity contribution >= 4 is 34.8 Å². The number of nitro groups is 1. The number of nitrogens with zero attached hydrogens (tertiary/aromatic N) is 2. The van der Waals surface area contributed by atoms with E-state index < -0.39 is 40.2 Å². The number of benzene rings is 2. The Morgan fingerprint density at radius 3 is 2.57 bits per heavy atom. The molecule has 30 heavy (non-hydrogen) atoms. The Kier molecular flexibility index (Phi) is 3.66. The van der Waals surface area contributed by atoms with Crippen molar-refractivity contribution in [2.45, 2.75) is 25.4 Å². The van der Waals surface area contributed by atoms with E-state index in [0.717, 1.165) is 4.90 Å². The molecule has 9 nitrogen and oxygen atoms in total. The van der Waals surface area contributed by atoms with E-state index in [1.54, 1.807) is 38.1 Å². The molecule has 9 heteroatoms. The molecule has 3 amide bonds. The van der Waals surface area contributed by atoms with Gasteiger partial charge in [-0.15, -0.1) is 0 Å². The van der Waals surface area contributed by atoms with Crippen molar-refractivity contribution in [3.8, 4) is 0 Å². The number of para-hydroxylation sites is 1. The third kappa shape index (κ3) is 2.12. The molecule has 2 aromatic rings. The quantitative estimate of drug-likeness (QED) is 0.446. The van der Waals surface area contributed by atoms with Crippen LogP contribution in [0.1, 0.15) is 18.1 Å². The zero-order valence-corrected chi connectivity index (χ0v) is 16.2. The Morgan fingerprint density at radius 1 is 1.10 bits per heavy atom. The molecule has 0 radical (unpaired) electrons. The lowest BCUT2D eigenvalue weighted by Crippen LogP contribution is -2.53. The Morgan fingerprint density at radius 2 is 1.83 bits per heavy atom. The maximum atomic E-state index is 13.6. The van der Waals surface area contributed by atoms with Gasteiger partial charge >= 0.3 is 0 Å². The van der Waals surface area contributed by atoms with Crippen LogP contribution in [0.3, 0.4) is 0 Å². The summed E-state index contributed by atoms with van der Waals surface area (Å²) in [5, 5.41) is 17.3. The zero-order chi connectivity index (χ0) is 21.4. The van der Waals surface area contributed by atoms with Gasteiger partial charge in [-0.2, -0.15) is 0 Å². The second-order valence-electron chi connectivity index (χ2n) is 7.98. The molecule has 3 aliphatic rings. The summed E-state index contributed by atoms with van der Waals surface area (Å²) < 4.78 is 0. The lowest BCUT2D eigenvalue weighted by molar-refractivity contribution is -0.384. The van der Waals surface area contributed by atoms with E-state index in [2.05, 4.69) is 10.6 Å². The lowest BCUT2D eigenvalue weighted by Gasteiger charge is -2.29.